The van der Waals surface area contributed by atoms with E-state index in [1.165, 1.54) is 11.3 Å². The van der Waals surface area contributed by atoms with E-state index >= 15 is 0 Å². The third-order valence-electron chi connectivity index (χ3n) is 2.80. The van der Waals surface area contributed by atoms with Gasteiger partial charge in [0.2, 0.25) is 5.90 Å². The molecule has 3 rings (SSSR count). The number of cyclic esters (lactones) is 1. The van der Waals surface area contributed by atoms with Gasteiger partial charge in [0.1, 0.15) is 5.75 Å². The maximum absolute atomic E-state index is 11.9. The van der Waals surface area contributed by atoms with Gasteiger partial charge in [0.25, 0.3) is 0 Å². The van der Waals surface area contributed by atoms with Crippen LogP contribution in [0.4, 0.5) is 0 Å². The van der Waals surface area contributed by atoms with Gasteiger partial charge in [-0.2, -0.15) is 0 Å². The third kappa shape index (κ3) is 3.06. The van der Waals surface area contributed by atoms with Crippen molar-refractivity contribution in [3.63, 3.8) is 0 Å². The van der Waals surface area contributed by atoms with Gasteiger partial charge in [0.15, 0.2) is 5.70 Å². The Bertz CT molecular complexity index is 764. The van der Waals surface area contributed by atoms with E-state index in [9.17, 15) is 4.79 Å². The minimum absolute atomic E-state index is 0.292. The van der Waals surface area contributed by atoms with Crippen molar-refractivity contribution >= 4 is 45.2 Å². The summed E-state index contributed by atoms with van der Waals surface area (Å²) in [6, 6.07) is 9.16. The molecule has 1 aromatic carbocycles. The molecule has 0 radical (unpaired) electrons. The molecule has 0 fully saturated rings. The minimum Gasteiger partial charge on any atom is -0.497 e. The number of ether oxygens (including phenoxy) is 2. The number of hydrogen-bond acceptors (Lipinski definition) is 5. The van der Waals surface area contributed by atoms with Crippen LogP contribution in [0.5, 0.6) is 5.75 Å². The smallest absolute Gasteiger partial charge is 0.363 e. The lowest BCUT2D eigenvalue weighted by Crippen LogP contribution is -2.05. The van der Waals surface area contributed by atoms with Crippen LogP contribution < -0.4 is 4.74 Å². The number of methoxy groups -OCH3 is 1. The van der Waals surface area contributed by atoms with Crippen molar-refractivity contribution in [3.05, 3.63) is 56.3 Å². The molecule has 4 nitrogen and oxygen atoms in total. The van der Waals surface area contributed by atoms with Crippen molar-refractivity contribution in [3.8, 4) is 5.75 Å². The summed E-state index contributed by atoms with van der Waals surface area (Å²) >= 11 is 4.90. The average molecular weight is 364 g/mol. The first kappa shape index (κ1) is 14.0. The summed E-state index contributed by atoms with van der Waals surface area (Å²) in [5.41, 5.74) is 1.00. The Kier molecular flexibility index (Phi) is 3.90. The van der Waals surface area contributed by atoms with Gasteiger partial charge in [-0.1, -0.05) is 6.07 Å². The Balaban J connectivity index is 1.93. The van der Waals surface area contributed by atoms with Gasteiger partial charge in [0, 0.05) is 20.3 Å². The van der Waals surface area contributed by atoms with E-state index in [0.29, 0.717) is 22.9 Å². The van der Waals surface area contributed by atoms with Crippen LogP contribution in [0, 0.1) is 0 Å². The summed E-state index contributed by atoms with van der Waals surface area (Å²) in [5.74, 6) is 0.531. The lowest BCUT2D eigenvalue weighted by atomic mass is 10.2. The van der Waals surface area contributed by atoms with Gasteiger partial charge in [-0.15, -0.1) is 11.3 Å². The van der Waals surface area contributed by atoms with Crippen LogP contribution in [-0.4, -0.2) is 19.0 Å². The second-order valence-corrected chi connectivity index (χ2v) is 6.09. The predicted octanol–water partition coefficient (Wildman–Crippen LogP) is 3.86. The number of carbonyl (C=O) groups is 1. The summed E-state index contributed by atoms with van der Waals surface area (Å²) in [4.78, 5) is 17.1. The van der Waals surface area contributed by atoms with E-state index in [1.807, 2.05) is 29.6 Å². The molecule has 21 heavy (non-hydrogen) atoms. The van der Waals surface area contributed by atoms with E-state index in [0.717, 1.165) is 9.35 Å². The van der Waals surface area contributed by atoms with Gasteiger partial charge in [-0.05, 0) is 46.3 Å². The van der Waals surface area contributed by atoms with Crippen molar-refractivity contribution in [2.24, 2.45) is 4.99 Å². The van der Waals surface area contributed by atoms with Crippen LogP contribution in [0.25, 0.3) is 6.08 Å². The van der Waals surface area contributed by atoms with Crippen LogP contribution in [-0.2, 0) is 9.53 Å². The van der Waals surface area contributed by atoms with E-state index in [2.05, 4.69) is 20.9 Å². The standard InChI is InChI=1S/C15H10BrNO3S/c1-19-11-4-2-3-9(5-11)14-17-13(15(18)20-14)7-12-6-10(16)8-21-12/h2-8H,1H3. The normalized spacial score (nSPS) is 16.0. The highest BCUT2D eigenvalue weighted by atomic mass is 79.9. The maximum atomic E-state index is 11.9. The number of esters is 1. The molecule has 0 saturated heterocycles. The number of benzene rings is 1. The number of thiophene rings is 1. The monoisotopic (exact) mass is 363 g/mol. The van der Waals surface area contributed by atoms with Gasteiger partial charge < -0.3 is 9.47 Å². The van der Waals surface area contributed by atoms with Crippen LogP contribution in [0.1, 0.15) is 10.4 Å². The fraction of sp³-hybridized carbons (Fsp3) is 0.0667. The first-order chi connectivity index (χ1) is 10.2. The molecule has 1 aromatic heterocycles. The highest BCUT2D eigenvalue weighted by molar-refractivity contribution is 9.10. The second kappa shape index (κ2) is 5.83. The number of rotatable bonds is 3. The lowest BCUT2D eigenvalue weighted by Gasteiger charge is -2.02. The first-order valence-electron chi connectivity index (χ1n) is 6.07. The first-order valence-corrected chi connectivity index (χ1v) is 7.74. The molecule has 0 atom stereocenters. The SMILES string of the molecule is COc1cccc(C2=NC(=Cc3cc(Br)cs3)C(=O)O2)c1. The second-order valence-electron chi connectivity index (χ2n) is 4.24. The van der Waals surface area contributed by atoms with Crippen LogP contribution >= 0.6 is 27.3 Å². The summed E-state index contributed by atoms with van der Waals surface area (Å²) in [6.07, 6.45) is 1.71. The molecule has 106 valence electrons. The van der Waals surface area contributed by atoms with Crippen molar-refractivity contribution in [1.29, 1.82) is 0 Å². The zero-order valence-electron chi connectivity index (χ0n) is 11.0. The molecule has 1 aliphatic rings. The number of hydrogen-bond donors (Lipinski definition) is 0. The molecular formula is C15H10BrNO3S. The third-order valence-corrected chi connectivity index (χ3v) is 4.44. The Morgan fingerprint density at radius 2 is 2.24 bits per heavy atom. The maximum Gasteiger partial charge on any atom is 0.363 e. The molecule has 0 N–H and O–H groups in total. The number of nitrogens with zero attached hydrogens (tertiary/aromatic N) is 1. The zero-order chi connectivity index (χ0) is 14.8. The van der Waals surface area contributed by atoms with Crippen molar-refractivity contribution in [1.82, 2.24) is 0 Å². The molecule has 0 saturated carbocycles. The fourth-order valence-corrected chi connectivity index (χ4v) is 3.20. The van der Waals surface area contributed by atoms with Crippen LogP contribution in [0.15, 0.2) is 50.9 Å². The molecule has 0 aliphatic carbocycles. The molecule has 1 aliphatic heterocycles. The molecule has 0 amide bonds. The Hall–Kier alpha value is -1.92. The van der Waals surface area contributed by atoms with Gasteiger partial charge in [-0.25, -0.2) is 9.79 Å². The fourth-order valence-electron chi connectivity index (χ4n) is 1.83. The molecule has 0 unspecified atom stereocenters. The van der Waals surface area contributed by atoms with E-state index in [-0.39, 0.29) is 0 Å². The number of aliphatic imine (C=N–C) groups is 1. The topological polar surface area (TPSA) is 47.9 Å². The summed E-state index contributed by atoms with van der Waals surface area (Å²) in [5, 5.41) is 1.94. The van der Waals surface area contributed by atoms with Gasteiger partial charge >= 0.3 is 5.97 Å². The van der Waals surface area contributed by atoms with Crippen LogP contribution in [0.2, 0.25) is 0 Å². The molecule has 6 heteroatoms. The summed E-state index contributed by atoms with van der Waals surface area (Å²) < 4.78 is 11.3. The molecular weight excluding hydrogens is 354 g/mol. The molecule has 2 heterocycles. The summed E-state index contributed by atoms with van der Waals surface area (Å²) in [7, 11) is 1.58. The lowest BCUT2D eigenvalue weighted by molar-refractivity contribution is -0.129. The molecule has 2 aromatic rings. The minimum atomic E-state index is -0.447. The number of halogens is 1. The average Bonchev–Trinajstić information content (AvgIpc) is 3.06. The van der Waals surface area contributed by atoms with Crippen molar-refractivity contribution in [2.75, 3.05) is 7.11 Å². The van der Waals surface area contributed by atoms with Crippen molar-refractivity contribution in [2.45, 2.75) is 0 Å². The number of carbonyl (C=O) groups excluding carboxylic acids is 1. The zero-order valence-corrected chi connectivity index (χ0v) is 13.4. The van der Waals surface area contributed by atoms with Gasteiger partial charge in [0.05, 0.1) is 7.11 Å². The van der Waals surface area contributed by atoms with E-state index in [1.54, 1.807) is 19.3 Å². The van der Waals surface area contributed by atoms with E-state index < -0.39 is 5.97 Å². The quantitative estimate of drug-likeness (QED) is 0.614. The Morgan fingerprint density at radius 1 is 1.38 bits per heavy atom. The highest BCUT2D eigenvalue weighted by Gasteiger charge is 2.24. The van der Waals surface area contributed by atoms with Gasteiger partial charge in [-0.3, -0.25) is 0 Å². The summed E-state index contributed by atoms with van der Waals surface area (Å²) in [6.45, 7) is 0. The molecule has 0 spiro atoms. The largest absolute Gasteiger partial charge is 0.497 e. The Morgan fingerprint density at radius 3 is 2.95 bits per heavy atom. The predicted molar refractivity (Wildman–Crippen MR) is 85.6 cm³/mol. The Labute approximate surface area is 133 Å². The van der Waals surface area contributed by atoms with Crippen molar-refractivity contribution < 1.29 is 14.3 Å². The highest BCUT2D eigenvalue weighted by Crippen LogP contribution is 2.25. The molecule has 0 bridgehead atoms. The van der Waals surface area contributed by atoms with Crippen LogP contribution in [0.3, 0.4) is 0 Å². The van der Waals surface area contributed by atoms with E-state index in [4.69, 9.17) is 9.47 Å².